The molecular weight excluding hydrogens is 1350 g/mol. The van der Waals surface area contributed by atoms with E-state index in [-0.39, 0.29) is 46.6 Å². The van der Waals surface area contributed by atoms with Crippen LogP contribution in [-0.4, -0.2) is 86.8 Å². The molecule has 1 aliphatic heterocycles. The van der Waals surface area contributed by atoms with Crippen LogP contribution in [0.2, 0.25) is 5.02 Å². The Labute approximate surface area is 626 Å². The largest absolute Gasteiger partial charge is 0.443 e. The van der Waals surface area contributed by atoms with Crippen molar-refractivity contribution in [3.63, 3.8) is 0 Å². The van der Waals surface area contributed by atoms with Crippen LogP contribution in [0.25, 0.3) is 87.2 Å². The lowest BCUT2D eigenvalue weighted by atomic mass is 9.95. The maximum absolute atomic E-state index is 12.3. The standard InChI is InChI=1S/C16H22N2O2.C16H18N2O2.C15H16N2O2.C12H10ClN3.C12H14N2.C12H10N2.3CH4/c2*1-11(9-17)13-10-18(15(19)20-16(2,3)4)14-8-6-5-7-12(13)14;1-15(2,3)19-14(18)17-10-11(8-9-16)12-6-4-5-7-13(12)17;1-6-4-15-5-10-11(6)8-2-7(13)3-9(14)12(8)16-10;2*1-8-6-13-7-11-12(8)9-4-2-3-5-10(9)14-11;;;/h5-8,10-11H,9,17H2,1-4H3;5-8,10-11H,1-4H3;4-7,10H,8H2,1-3H3;2-5,16H,14H2,1H3;2-5,8,13-14H,6-7H2,1H3;2-7,14H,1H3;3*1H4. The Morgan fingerprint density at radius 3 is 1.52 bits per heavy atom. The molecule has 8 aromatic heterocycles. The number of nitriles is 2. The zero-order valence-electron chi connectivity index (χ0n) is 60.9. The van der Waals surface area contributed by atoms with Gasteiger partial charge in [0, 0.05) is 109 Å². The second kappa shape index (κ2) is 34.6. The van der Waals surface area contributed by atoms with Gasteiger partial charge in [0.25, 0.3) is 0 Å². The first-order chi connectivity index (χ1) is 49.0. The van der Waals surface area contributed by atoms with Crippen LogP contribution >= 0.6 is 11.6 Å². The molecule has 0 saturated heterocycles. The van der Waals surface area contributed by atoms with Gasteiger partial charge >= 0.3 is 18.3 Å². The second-order valence-corrected chi connectivity index (χ2v) is 29.3. The first-order valence-electron chi connectivity index (χ1n) is 34.4. The highest BCUT2D eigenvalue weighted by molar-refractivity contribution is 6.32. The number of rotatable bonds is 4. The zero-order chi connectivity index (χ0) is 74.2. The van der Waals surface area contributed by atoms with Crippen molar-refractivity contribution in [3.8, 4) is 12.1 Å². The summed E-state index contributed by atoms with van der Waals surface area (Å²) in [6.45, 7) is 29.4. The second-order valence-electron chi connectivity index (χ2n) is 28.8. The number of carbonyl (C=O) groups is 3. The van der Waals surface area contributed by atoms with Gasteiger partial charge in [-0.05, 0) is 177 Å². The van der Waals surface area contributed by atoms with Crippen molar-refractivity contribution in [1.82, 2.24) is 43.9 Å². The van der Waals surface area contributed by atoms with Crippen LogP contribution < -0.4 is 16.8 Å². The molecule has 20 heteroatoms. The molecular formula is C86H102ClN13O6. The summed E-state index contributed by atoms with van der Waals surface area (Å²) in [5, 5.41) is 31.1. The minimum absolute atomic E-state index is 0. The van der Waals surface area contributed by atoms with E-state index in [1.807, 2.05) is 186 Å². The van der Waals surface area contributed by atoms with E-state index in [1.165, 1.54) is 53.1 Å². The normalized spacial score (nSPS) is 13.0. The molecule has 0 amide bonds. The van der Waals surface area contributed by atoms with Crippen molar-refractivity contribution in [2.24, 2.45) is 5.73 Å². The molecule has 0 saturated carbocycles. The molecule has 0 bridgehead atoms. The monoisotopic (exact) mass is 1450 g/mol. The predicted molar refractivity (Wildman–Crippen MR) is 436 cm³/mol. The number of halogens is 1. The molecule has 0 radical (unpaired) electrons. The maximum atomic E-state index is 12.3. The Hall–Kier alpha value is -11.2. The number of fused-ring (bicyclic) bond motifs is 12. The lowest BCUT2D eigenvalue weighted by molar-refractivity contribution is 0.0533. The molecule has 6 aromatic carbocycles. The summed E-state index contributed by atoms with van der Waals surface area (Å²) >= 11 is 6.02. The van der Waals surface area contributed by atoms with Crippen molar-refractivity contribution in [1.29, 1.82) is 10.5 Å². The lowest BCUT2D eigenvalue weighted by Gasteiger charge is -2.20. The van der Waals surface area contributed by atoms with Gasteiger partial charge in [-0.1, -0.05) is 139 Å². The Kier molecular flexibility index (Phi) is 26.8. The average molecular weight is 1450 g/mol. The smallest absolute Gasteiger partial charge is 0.419 e. The molecule has 19 nitrogen and oxygen atoms in total. The van der Waals surface area contributed by atoms with Gasteiger partial charge in [-0.15, -0.1) is 0 Å². The Bertz CT molecular complexity index is 5500. The molecule has 15 rings (SSSR count). The van der Waals surface area contributed by atoms with Gasteiger partial charge in [-0.25, -0.2) is 14.4 Å². The third-order valence-corrected chi connectivity index (χ3v) is 17.6. The summed E-state index contributed by atoms with van der Waals surface area (Å²) in [6, 6.07) is 47.8. The van der Waals surface area contributed by atoms with E-state index in [0.717, 1.165) is 95.4 Å². The molecule has 14 aromatic rings. The van der Waals surface area contributed by atoms with E-state index in [0.29, 0.717) is 23.2 Å². The molecule has 0 spiro atoms. The Balaban J connectivity index is 0.000000177. The first-order valence-corrected chi connectivity index (χ1v) is 34.7. The summed E-state index contributed by atoms with van der Waals surface area (Å²) in [7, 11) is 0. The van der Waals surface area contributed by atoms with E-state index in [1.54, 1.807) is 29.2 Å². The number of benzene rings is 6. The van der Waals surface area contributed by atoms with Crippen molar-refractivity contribution < 1.29 is 28.6 Å². The topological polar surface area (TPSA) is 278 Å². The number of H-pyrrole nitrogens is 3. The number of nitrogen functional groups attached to an aromatic ring is 1. The minimum atomic E-state index is -0.552. The van der Waals surface area contributed by atoms with Crippen molar-refractivity contribution in [3.05, 3.63) is 221 Å². The number of aromatic nitrogens is 8. The molecule has 8 N–H and O–H groups in total. The zero-order valence-corrected chi connectivity index (χ0v) is 61.7. The number of nitrogens with zero attached hydrogens (tertiary/aromatic N) is 7. The van der Waals surface area contributed by atoms with E-state index in [2.05, 4.69) is 106 Å². The highest BCUT2D eigenvalue weighted by Gasteiger charge is 2.26. The molecule has 9 heterocycles. The molecule has 1 aliphatic rings. The fourth-order valence-corrected chi connectivity index (χ4v) is 13.0. The van der Waals surface area contributed by atoms with Gasteiger partial charge < -0.3 is 45.9 Å². The lowest BCUT2D eigenvalue weighted by Crippen LogP contribution is -2.26. The third kappa shape index (κ3) is 18.8. The fraction of sp³-hybridized carbons (Fsp3) is 0.314. The van der Waals surface area contributed by atoms with E-state index in [4.69, 9.17) is 47.8 Å². The van der Waals surface area contributed by atoms with Gasteiger partial charge in [-0.3, -0.25) is 23.7 Å². The quantitative estimate of drug-likeness (QED) is 0.0707. The number of nitrogens with one attached hydrogen (secondary N) is 4. The number of hydrogen-bond donors (Lipinski definition) is 6. The van der Waals surface area contributed by atoms with E-state index >= 15 is 0 Å². The van der Waals surface area contributed by atoms with Crippen LogP contribution in [0.5, 0.6) is 0 Å². The summed E-state index contributed by atoms with van der Waals surface area (Å²) in [4.78, 5) is 55.2. The van der Waals surface area contributed by atoms with Gasteiger partial charge in [0.1, 0.15) is 16.8 Å². The summed E-state index contributed by atoms with van der Waals surface area (Å²) in [5.74, 6) is 0.544. The Morgan fingerprint density at radius 2 is 1.01 bits per heavy atom. The summed E-state index contributed by atoms with van der Waals surface area (Å²) < 4.78 is 20.7. The molecule has 0 fully saturated rings. The van der Waals surface area contributed by atoms with Gasteiger partial charge in [-0.2, -0.15) is 10.5 Å². The first kappa shape index (κ1) is 82.1. The average Bonchev–Trinajstić information content (AvgIpc) is 1.75. The van der Waals surface area contributed by atoms with Crippen molar-refractivity contribution in [2.75, 3.05) is 18.8 Å². The Morgan fingerprint density at radius 1 is 0.575 bits per heavy atom. The molecule has 0 aliphatic carbocycles. The van der Waals surface area contributed by atoms with Crippen LogP contribution in [0.15, 0.2) is 177 Å². The number of para-hydroxylation sites is 5. The maximum Gasteiger partial charge on any atom is 0.419 e. The molecule has 106 heavy (non-hydrogen) atoms. The SMILES string of the molecule is C.C.C.CC(C#N)c1cn(C(=O)OC(C)(C)C)c2ccccc12.CC(C)(C)OC(=O)n1cc(CC#N)c2ccccc21.CC(CN)c1cn(C(=O)OC(C)(C)C)c2ccccc12.CC1CNCc2[nH]c3ccccc3c21.Cc1cncc2[nH]c3c(N)cc(Cl)cc3c12.Cc1cncc2[nH]c3ccccc3c12. The number of aromatic amines is 3. The number of hydrogen-bond acceptors (Lipinski definition) is 13. The van der Waals surface area contributed by atoms with Gasteiger partial charge in [0.15, 0.2) is 0 Å². The van der Waals surface area contributed by atoms with Crippen molar-refractivity contribution >= 4 is 123 Å². The van der Waals surface area contributed by atoms with Crippen LogP contribution in [-0.2, 0) is 27.2 Å². The van der Waals surface area contributed by atoms with Crippen LogP contribution in [0.1, 0.15) is 162 Å². The predicted octanol–water partition coefficient (Wildman–Crippen LogP) is 21.6. The van der Waals surface area contributed by atoms with Gasteiger partial charge in [0.05, 0.1) is 75.7 Å². The van der Waals surface area contributed by atoms with Crippen LogP contribution in [0, 0.1) is 36.5 Å². The molecule has 3 unspecified atom stereocenters. The highest BCUT2D eigenvalue weighted by atomic mass is 35.5. The number of pyridine rings is 2. The summed E-state index contributed by atoms with van der Waals surface area (Å²) in [5.41, 5.74) is 26.6. The minimum Gasteiger partial charge on any atom is -0.443 e. The number of aryl methyl sites for hydroxylation is 2. The third-order valence-electron chi connectivity index (χ3n) is 17.3. The molecule has 554 valence electrons. The van der Waals surface area contributed by atoms with Crippen LogP contribution in [0.3, 0.4) is 0 Å². The van der Waals surface area contributed by atoms with E-state index in [9.17, 15) is 14.4 Å². The molecule has 3 atom stereocenters. The van der Waals surface area contributed by atoms with Crippen LogP contribution in [0.4, 0.5) is 20.1 Å². The number of anilines is 1. The highest BCUT2D eigenvalue weighted by Crippen LogP contribution is 2.36. The number of nitrogens with two attached hydrogens (primary N) is 2. The summed E-state index contributed by atoms with van der Waals surface area (Å²) in [6.07, 6.45) is 11.7. The number of carbonyl (C=O) groups excluding carboxylic acids is 3. The van der Waals surface area contributed by atoms with Crippen molar-refractivity contribution in [2.45, 2.75) is 167 Å². The van der Waals surface area contributed by atoms with E-state index < -0.39 is 29.0 Å². The van der Waals surface area contributed by atoms with Gasteiger partial charge in [0.2, 0.25) is 0 Å². The fourth-order valence-electron chi connectivity index (χ4n) is 12.7. The number of ether oxygens (including phenoxy) is 3.